The second kappa shape index (κ2) is 7.40. The number of hydrogen-bond acceptors (Lipinski definition) is 4. The summed E-state index contributed by atoms with van der Waals surface area (Å²) in [6.07, 6.45) is 3.50. The topological polar surface area (TPSA) is 74.4 Å². The lowest BCUT2D eigenvalue weighted by Crippen LogP contribution is -2.40. The number of rotatable bonds is 7. The number of ether oxygens (including phenoxy) is 1. The Labute approximate surface area is 126 Å². The van der Waals surface area contributed by atoms with Crippen LogP contribution in [-0.2, 0) is 21.3 Å². The molecular weight excluding hydrogens is 290 g/mol. The summed E-state index contributed by atoms with van der Waals surface area (Å²) in [6.45, 7) is 5.28. The third-order valence-electron chi connectivity index (χ3n) is 3.80. The summed E-state index contributed by atoms with van der Waals surface area (Å²) in [6, 6.07) is 1.72. The number of hydrogen-bond donors (Lipinski definition) is 2. The first-order chi connectivity index (χ1) is 10.1. The summed E-state index contributed by atoms with van der Waals surface area (Å²) in [5, 5.41) is 3.18. The van der Waals surface area contributed by atoms with Crippen molar-refractivity contribution in [2.24, 2.45) is 5.92 Å². The number of nitrogens with zero attached hydrogens (tertiary/aromatic N) is 1. The van der Waals surface area contributed by atoms with Crippen LogP contribution in [0.25, 0.3) is 0 Å². The Morgan fingerprint density at radius 2 is 2.33 bits per heavy atom. The van der Waals surface area contributed by atoms with Gasteiger partial charge in [-0.25, -0.2) is 8.42 Å². The fourth-order valence-electron chi connectivity index (χ4n) is 2.70. The van der Waals surface area contributed by atoms with Gasteiger partial charge in [-0.3, -0.25) is 0 Å². The van der Waals surface area contributed by atoms with Gasteiger partial charge in [0.05, 0.1) is 11.5 Å². The molecule has 120 valence electrons. The number of piperidine rings is 1. The molecule has 2 rings (SSSR count). The summed E-state index contributed by atoms with van der Waals surface area (Å²) in [5.41, 5.74) is 0.890. The van der Waals surface area contributed by atoms with Crippen molar-refractivity contribution in [3.8, 4) is 0 Å². The lowest BCUT2D eigenvalue weighted by Gasteiger charge is -2.31. The van der Waals surface area contributed by atoms with E-state index in [2.05, 4.69) is 10.3 Å². The largest absolute Gasteiger partial charge is 0.384 e. The molecule has 1 fully saturated rings. The van der Waals surface area contributed by atoms with Crippen LogP contribution >= 0.6 is 0 Å². The number of nitrogens with one attached hydrogen (secondary N) is 2. The van der Waals surface area contributed by atoms with Gasteiger partial charge in [0, 0.05) is 38.6 Å². The minimum absolute atomic E-state index is 0.290. The molecule has 0 spiro atoms. The van der Waals surface area contributed by atoms with Gasteiger partial charge in [-0.15, -0.1) is 0 Å². The van der Waals surface area contributed by atoms with Crippen LogP contribution in [0.1, 0.15) is 25.5 Å². The SMILES string of the molecule is CCNCc1cc(S(=O)(=O)N2CCCC(COC)C2)c[nH]1. The number of methoxy groups -OCH3 is 1. The Bertz CT molecular complexity index is 539. The molecule has 1 atom stereocenters. The second-order valence-corrected chi connectivity index (χ2v) is 7.41. The highest BCUT2D eigenvalue weighted by Gasteiger charge is 2.30. The molecule has 1 saturated heterocycles. The van der Waals surface area contributed by atoms with Crippen molar-refractivity contribution in [2.75, 3.05) is 33.4 Å². The zero-order valence-corrected chi connectivity index (χ0v) is 13.6. The van der Waals surface area contributed by atoms with E-state index < -0.39 is 10.0 Å². The van der Waals surface area contributed by atoms with Crippen LogP contribution in [0.2, 0.25) is 0 Å². The minimum atomic E-state index is -3.40. The van der Waals surface area contributed by atoms with Crippen molar-refractivity contribution < 1.29 is 13.2 Å². The number of sulfonamides is 1. The van der Waals surface area contributed by atoms with E-state index in [1.165, 1.54) is 0 Å². The van der Waals surface area contributed by atoms with Crippen LogP contribution in [0.3, 0.4) is 0 Å². The molecule has 0 aliphatic carbocycles. The van der Waals surface area contributed by atoms with Crippen molar-refractivity contribution in [3.05, 3.63) is 18.0 Å². The predicted molar refractivity (Wildman–Crippen MR) is 81.5 cm³/mol. The van der Waals surface area contributed by atoms with E-state index in [4.69, 9.17) is 4.74 Å². The van der Waals surface area contributed by atoms with Crippen LogP contribution in [0.5, 0.6) is 0 Å². The predicted octanol–water partition coefficient (Wildman–Crippen LogP) is 1.17. The average molecular weight is 315 g/mol. The molecule has 1 aromatic heterocycles. The molecule has 1 aliphatic rings. The Morgan fingerprint density at radius 3 is 3.05 bits per heavy atom. The third-order valence-corrected chi connectivity index (χ3v) is 5.65. The van der Waals surface area contributed by atoms with E-state index in [0.29, 0.717) is 37.1 Å². The maximum atomic E-state index is 12.7. The number of aromatic amines is 1. The Balaban J connectivity index is 2.08. The zero-order valence-electron chi connectivity index (χ0n) is 12.8. The highest BCUT2D eigenvalue weighted by molar-refractivity contribution is 7.89. The molecular formula is C14H25N3O3S. The molecule has 0 amide bonds. The van der Waals surface area contributed by atoms with Gasteiger partial charge in [0.15, 0.2) is 0 Å². The summed E-state index contributed by atoms with van der Waals surface area (Å²) in [7, 11) is -1.74. The molecule has 2 N–H and O–H groups in total. The molecule has 2 heterocycles. The van der Waals surface area contributed by atoms with Crippen molar-refractivity contribution in [1.29, 1.82) is 0 Å². The van der Waals surface area contributed by atoms with Gasteiger partial charge in [0.1, 0.15) is 0 Å². The molecule has 1 aromatic rings. The first-order valence-corrected chi connectivity index (χ1v) is 8.89. The van der Waals surface area contributed by atoms with Gasteiger partial charge in [-0.05, 0) is 31.4 Å². The van der Waals surface area contributed by atoms with Crippen LogP contribution in [0.4, 0.5) is 0 Å². The standard InChI is InChI=1S/C14H25N3O3S/c1-3-15-8-13-7-14(9-16-13)21(18,19)17-6-4-5-12(10-17)11-20-2/h7,9,12,15-16H,3-6,8,10-11H2,1-2H3. The smallest absolute Gasteiger partial charge is 0.244 e. The monoisotopic (exact) mass is 315 g/mol. The fourth-order valence-corrected chi connectivity index (χ4v) is 4.27. The van der Waals surface area contributed by atoms with Gasteiger partial charge in [-0.1, -0.05) is 6.92 Å². The van der Waals surface area contributed by atoms with E-state index in [9.17, 15) is 8.42 Å². The van der Waals surface area contributed by atoms with Gasteiger partial charge < -0.3 is 15.0 Å². The van der Waals surface area contributed by atoms with Crippen molar-refractivity contribution in [3.63, 3.8) is 0 Å². The minimum Gasteiger partial charge on any atom is -0.384 e. The molecule has 6 nitrogen and oxygen atoms in total. The van der Waals surface area contributed by atoms with E-state index in [0.717, 1.165) is 25.1 Å². The van der Waals surface area contributed by atoms with E-state index in [1.807, 2.05) is 6.92 Å². The van der Waals surface area contributed by atoms with Gasteiger partial charge in [-0.2, -0.15) is 4.31 Å². The highest BCUT2D eigenvalue weighted by atomic mass is 32.2. The number of aromatic nitrogens is 1. The van der Waals surface area contributed by atoms with Crippen LogP contribution in [-0.4, -0.2) is 51.1 Å². The maximum Gasteiger partial charge on any atom is 0.244 e. The molecule has 1 aliphatic heterocycles. The van der Waals surface area contributed by atoms with Crippen molar-refractivity contribution in [1.82, 2.24) is 14.6 Å². The van der Waals surface area contributed by atoms with Gasteiger partial charge in [0.25, 0.3) is 0 Å². The zero-order chi connectivity index (χ0) is 15.3. The third kappa shape index (κ3) is 4.06. The maximum absolute atomic E-state index is 12.7. The summed E-state index contributed by atoms with van der Waals surface area (Å²) >= 11 is 0. The molecule has 0 saturated carbocycles. The highest BCUT2D eigenvalue weighted by Crippen LogP contribution is 2.24. The quantitative estimate of drug-likeness (QED) is 0.792. The van der Waals surface area contributed by atoms with Crippen LogP contribution in [0.15, 0.2) is 17.2 Å². The van der Waals surface area contributed by atoms with Crippen molar-refractivity contribution >= 4 is 10.0 Å². The van der Waals surface area contributed by atoms with Gasteiger partial charge >= 0.3 is 0 Å². The van der Waals surface area contributed by atoms with Crippen LogP contribution in [0, 0.1) is 5.92 Å². The normalized spacial score (nSPS) is 20.8. The lowest BCUT2D eigenvalue weighted by molar-refractivity contribution is 0.118. The Morgan fingerprint density at radius 1 is 1.52 bits per heavy atom. The molecule has 0 bridgehead atoms. The van der Waals surface area contributed by atoms with Crippen molar-refractivity contribution in [2.45, 2.75) is 31.2 Å². The van der Waals surface area contributed by atoms with E-state index >= 15 is 0 Å². The Hall–Kier alpha value is -0.890. The second-order valence-electron chi connectivity index (χ2n) is 5.47. The molecule has 21 heavy (non-hydrogen) atoms. The summed E-state index contributed by atoms with van der Waals surface area (Å²) in [4.78, 5) is 3.38. The molecule has 0 aromatic carbocycles. The van der Waals surface area contributed by atoms with E-state index in [1.54, 1.807) is 23.7 Å². The fraction of sp³-hybridized carbons (Fsp3) is 0.714. The van der Waals surface area contributed by atoms with Crippen LogP contribution < -0.4 is 5.32 Å². The Kier molecular flexibility index (Phi) is 5.80. The molecule has 0 radical (unpaired) electrons. The summed E-state index contributed by atoms with van der Waals surface area (Å²) < 4.78 is 32.1. The first-order valence-electron chi connectivity index (χ1n) is 7.45. The lowest BCUT2D eigenvalue weighted by atomic mass is 10.0. The van der Waals surface area contributed by atoms with E-state index in [-0.39, 0.29) is 0 Å². The average Bonchev–Trinajstić information content (AvgIpc) is 2.95. The van der Waals surface area contributed by atoms with Gasteiger partial charge in [0.2, 0.25) is 10.0 Å². The number of H-pyrrole nitrogens is 1. The molecule has 7 heteroatoms. The summed E-state index contributed by atoms with van der Waals surface area (Å²) in [5.74, 6) is 0.290. The first kappa shape index (κ1) is 16.5. The molecule has 1 unspecified atom stereocenters.